The van der Waals surface area contributed by atoms with Gasteiger partial charge < -0.3 is 20.1 Å². The first kappa shape index (κ1) is 16.4. The molecule has 4 rings (SSSR count). The summed E-state index contributed by atoms with van der Waals surface area (Å²) in [6.07, 6.45) is 1.30. The number of fused-ring (bicyclic) bond motifs is 1. The van der Waals surface area contributed by atoms with E-state index in [-0.39, 0.29) is 18.1 Å². The molecule has 2 aliphatic heterocycles. The van der Waals surface area contributed by atoms with E-state index in [0.29, 0.717) is 13.0 Å². The molecule has 2 aliphatic rings. The molecule has 0 spiro atoms. The Morgan fingerprint density at radius 3 is 3.04 bits per heavy atom. The Morgan fingerprint density at radius 2 is 2.24 bits per heavy atom. The van der Waals surface area contributed by atoms with Gasteiger partial charge in [-0.1, -0.05) is 6.92 Å². The molecule has 1 fully saturated rings. The van der Waals surface area contributed by atoms with Crippen LogP contribution in [0.1, 0.15) is 19.0 Å². The van der Waals surface area contributed by atoms with Gasteiger partial charge in [0.2, 0.25) is 12.7 Å². The van der Waals surface area contributed by atoms with Crippen LogP contribution in [0.3, 0.4) is 0 Å². The van der Waals surface area contributed by atoms with Gasteiger partial charge in [0.15, 0.2) is 11.5 Å². The largest absolute Gasteiger partial charge is 0.454 e. The maximum absolute atomic E-state index is 12.5. The number of rotatable bonds is 4. The average Bonchev–Trinajstić information content (AvgIpc) is 3.33. The van der Waals surface area contributed by atoms with Crippen molar-refractivity contribution in [1.29, 1.82) is 0 Å². The highest BCUT2D eigenvalue weighted by Gasteiger charge is 2.34. The molecule has 1 aromatic carbocycles. The molecule has 1 unspecified atom stereocenters. The van der Waals surface area contributed by atoms with Gasteiger partial charge in [-0.2, -0.15) is 0 Å². The van der Waals surface area contributed by atoms with E-state index in [1.54, 1.807) is 0 Å². The zero-order valence-electron chi connectivity index (χ0n) is 14.2. The van der Waals surface area contributed by atoms with Crippen molar-refractivity contribution < 1.29 is 14.3 Å². The highest BCUT2D eigenvalue weighted by molar-refractivity contribution is 7.13. The fourth-order valence-electron chi connectivity index (χ4n) is 3.22. The predicted molar refractivity (Wildman–Crippen MR) is 95.7 cm³/mol. The SMILES string of the molecule is CC1(CN)CCN(C(=O)Cc2csc(-c3ccc4c(c3)OCO4)n2)C1. The second-order valence-electron chi connectivity index (χ2n) is 6.97. The predicted octanol–water partition coefficient (Wildman–Crippen LogP) is 2.28. The number of nitrogens with zero attached hydrogens (tertiary/aromatic N) is 2. The Bertz CT molecular complexity index is 807. The minimum Gasteiger partial charge on any atom is -0.454 e. The van der Waals surface area contributed by atoms with Crippen LogP contribution in [0.2, 0.25) is 0 Å². The van der Waals surface area contributed by atoms with Crippen molar-refractivity contribution in [3.63, 3.8) is 0 Å². The second kappa shape index (κ2) is 6.31. The van der Waals surface area contributed by atoms with E-state index in [1.807, 2.05) is 28.5 Å². The third-order valence-corrected chi connectivity index (χ3v) is 5.85. The van der Waals surface area contributed by atoms with Crippen LogP contribution in [0, 0.1) is 5.41 Å². The Balaban J connectivity index is 1.44. The second-order valence-corrected chi connectivity index (χ2v) is 7.83. The molecule has 0 saturated carbocycles. The Labute approximate surface area is 150 Å². The average molecular weight is 359 g/mol. The van der Waals surface area contributed by atoms with Crippen LogP contribution in [-0.2, 0) is 11.2 Å². The van der Waals surface area contributed by atoms with E-state index in [2.05, 4.69) is 11.9 Å². The standard InChI is InChI=1S/C18H21N3O3S/c1-18(9-19)4-5-21(10-18)16(22)7-13-8-25-17(20-13)12-2-3-14-15(6-12)24-11-23-14/h2-3,6,8H,4-5,7,9-11,19H2,1H3. The van der Waals surface area contributed by atoms with E-state index in [4.69, 9.17) is 15.2 Å². The van der Waals surface area contributed by atoms with Crippen LogP contribution in [0.5, 0.6) is 11.5 Å². The lowest BCUT2D eigenvalue weighted by Gasteiger charge is -2.22. The molecular formula is C18H21N3O3S. The van der Waals surface area contributed by atoms with E-state index >= 15 is 0 Å². The number of hydrogen-bond donors (Lipinski definition) is 1. The molecule has 3 heterocycles. The van der Waals surface area contributed by atoms with E-state index < -0.39 is 0 Å². The summed E-state index contributed by atoms with van der Waals surface area (Å²) in [4.78, 5) is 19.1. The van der Waals surface area contributed by atoms with Gasteiger partial charge in [-0.3, -0.25) is 4.79 Å². The lowest BCUT2D eigenvalue weighted by atomic mass is 9.90. The van der Waals surface area contributed by atoms with Crippen molar-refractivity contribution in [2.45, 2.75) is 19.8 Å². The molecule has 2 aromatic rings. The van der Waals surface area contributed by atoms with Gasteiger partial charge in [-0.15, -0.1) is 11.3 Å². The first-order chi connectivity index (χ1) is 12.1. The smallest absolute Gasteiger partial charge is 0.231 e. The Kier molecular flexibility index (Phi) is 4.13. The maximum Gasteiger partial charge on any atom is 0.231 e. The van der Waals surface area contributed by atoms with Gasteiger partial charge >= 0.3 is 0 Å². The molecule has 25 heavy (non-hydrogen) atoms. The summed E-state index contributed by atoms with van der Waals surface area (Å²) in [5.74, 6) is 1.62. The third kappa shape index (κ3) is 3.21. The lowest BCUT2D eigenvalue weighted by molar-refractivity contribution is -0.129. The fraction of sp³-hybridized carbons (Fsp3) is 0.444. The minimum atomic E-state index is 0.0510. The monoisotopic (exact) mass is 359 g/mol. The van der Waals surface area contributed by atoms with Gasteiger partial charge in [-0.05, 0) is 36.6 Å². The van der Waals surface area contributed by atoms with Crippen molar-refractivity contribution in [3.05, 3.63) is 29.3 Å². The van der Waals surface area contributed by atoms with Crippen LogP contribution in [-0.4, -0.2) is 42.2 Å². The summed E-state index contributed by atoms with van der Waals surface area (Å²) in [5.41, 5.74) is 7.66. The molecule has 2 N–H and O–H groups in total. The molecule has 0 bridgehead atoms. The van der Waals surface area contributed by atoms with Crippen LogP contribution >= 0.6 is 11.3 Å². The van der Waals surface area contributed by atoms with Crippen LogP contribution < -0.4 is 15.2 Å². The molecule has 7 heteroatoms. The van der Waals surface area contributed by atoms with E-state index in [9.17, 15) is 4.79 Å². The molecular weight excluding hydrogens is 338 g/mol. The molecule has 1 aromatic heterocycles. The fourth-order valence-corrected chi connectivity index (χ4v) is 4.04. The Morgan fingerprint density at radius 1 is 1.40 bits per heavy atom. The van der Waals surface area contributed by atoms with Gasteiger partial charge in [0.1, 0.15) is 5.01 Å². The first-order valence-electron chi connectivity index (χ1n) is 8.39. The zero-order valence-corrected chi connectivity index (χ0v) is 15.0. The molecule has 6 nitrogen and oxygen atoms in total. The van der Waals surface area contributed by atoms with Gasteiger partial charge in [0, 0.05) is 24.0 Å². The van der Waals surface area contributed by atoms with Gasteiger partial charge in [0.05, 0.1) is 12.1 Å². The molecule has 132 valence electrons. The number of hydrogen-bond acceptors (Lipinski definition) is 6. The topological polar surface area (TPSA) is 77.7 Å². The summed E-state index contributed by atoms with van der Waals surface area (Å²) < 4.78 is 10.7. The highest BCUT2D eigenvalue weighted by Crippen LogP contribution is 2.37. The third-order valence-electron chi connectivity index (χ3n) is 4.91. The molecule has 0 aliphatic carbocycles. The number of nitrogens with two attached hydrogens (primary N) is 1. The van der Waals surface area contributed by atoms with Crippen molar-refractivity contribution in [1.82, 2.24) is 9.88 Å². The molecule has 1 saturated heterocycles. The summed E-state index contributed by atoms with van der Waals surface area (Å²) in [7, 11) is 0. The maximum atomic E-state index is 12.5. The number of likely N-dealkylation sites (tertiary alicyclic amines) is 1. The number of amides is 1. The van der Waals surface area contributed by atoms with E-state index in [1.165, 1.54) is 11.3 Å². The summed E-state index contributed by atoms with van der Waals surface area (Å²) in [6, 6.07) is 5.78. The zero-order chi connectivity index (χ0) is 17.4. The minimum absolute atomic E-state index is 0.0510. The van der Waals surface area contributed by atoms with Gasteiger partial charge in [-0.25, -0.2) is 4.98 Å². The lowest BCUT2D eigenvalue weighted by Crippen LogP contribution is -2.35. The first-order valence-corrected chi connectivity index (χ1v) is 9.27. The number of aromatic nitrogens is 1. The highest BCUT2D eigenvalue weighted by atomic mass is 32.1. The summed E-state index contributed by atoms with van der Waals surface area (Å²) in [6.45, 7) is 4.53. The molecule has 0 radical (unpaired) electrons. The Hall–Kier alpha value is -2.12. The quantitative estimate of drug-likeness (QED) is 0.906. The van der Waals surface area contributed by atoms with Crippen molar-refractivity contribution in [3.8, 4) is 22.1 Å². The van der Waals surface area contributed by atoms with Crippen LogP contribution in [0.15, 0.2) is 23.6 Å². The van der Waals surface area contributed by atoms with Crippen molar-refractivity contribution in [2.24, 2.45) is 11.1 Å². The molecule has 1 atom stereocenters. The number of thiazole rings is 1. The van der Waals surface area contributed by atoms with Crippen molar-refractivity contribution in [2.75, 3.05) is 26.4 Å². The summed E-state index contributed by atoms with van der Waals surface area (Å²) >= 11 is 1.54. The van der Waals surface area contributed by atoms with Crippen LogP contribution in [0.4, 0.5) is 0 Å². The number of ether oxygens (including phenoxy) is 2. The number of carbonyl (C=O) groups excluding carboxylic acids is 1. The van der Waals surface area contributed by atoms with Gasteiger partial charge in [0.25, 0.3) is 0 Å². The van der Waals surface area contributed by atoms with Crippen LogP contribution in [0.25, 0.3) is 10.6 Å². The molecule has 1 amide bonds. The summed E-state index contributed by atoms with van der Waals surface area (Å²) in [5, 5.41) is 2.84. The van der Waals surface area contributed by atoms with E-state index in [0.717, 1.165) is 47.3 Å². The number of carbonyl (C=O) groups is 1. The normalized spacial score (nSPS) is 21.8. The van der Waals surface area contributed by atoms with Crippen molar-refractivity contribution >= 4 is 17.2 Å². The number of benzene rings is 1.